The van der Waals surface area contributed by atoms with Crippen LogP contribution in [0, 0.1) is 12.7 Å². The standard InChI is InChI=1S/C17H16FN3S3/c1-11-21-15(10-23-11)16-7-6-14(24-16)9-20-17(22)19-8-12-2-4-13(18)5-3-12/h2-7,10H,8-9H2,1H3,(H2,19,20,22). The third-order valence-corrected chi connectivity index (χ3v) is 5.49. The van der Waals surface area contributed by atoms with Gasteiger partial charge in [-0.1, -0.05) is 12.1 Å². The Hall–Kier alpha value is -1.83. The molecule has 0 unspecified atom stereocenters. The van der Waals surface area contributed by atoms with Gasteiger partial charge in [0, 0.05) is 16.8 Å². The molecule has 0 fully saturated rings. The highest BCUT2D eigenvalue weighted by atomic mass is 32.1. The number of nitrogens with one attached hydrogen (secondary N) is 2. The van der Waals surface area contributed by atoms with Crippen LogP contribution in [-0.4, -0.2) is 10.1 Å². The first-order valence-corrected chi connectivity index (χ1v) is 9.48. The molecular weight excluding hydrogens is 361 g/mol. The molecule has 2 aromatic heterocycles. The highest BCUT2D eigenvalue weighted by molar-refractivity contribution is 7.80. The molecular formula is C17H16FN3S3. The number of halogens is 1. The molecule has 3 rings (SSSR count). The summed E-state index contributed by atoms with van der Waals surface area (Å²) < 4.78 is 12.9. The molecule has 2 N–H and O–H groups in total. The van der Waals surface area contributed by atoms with E-state index in [0.717, 1.165) is 16.3 Å². The molecule has 0 aliphatic carbocycles. The van der Waals surface area contributed by atoms with Gasteiger partial charge in [0.2, 0.25) is 0 Å². The van der Waals surface area contributed by atoms with Gasteiger partial charge in [-0.2, -0.15) is 0 Å². The van der Waals surface area contributed by atoms with Crippen LogP contribution in [0.2, 0.25) is 0 Å². The topological polar surface area (TPSA) is 37.0 Å². The molecule has 0 bridgehead atoms. The zero-order chi connectivity index (χ0) is 16.9. The van der Waals surface area contributed by atoms with Crippen LogP contribution in [0.1, 0.15) is 15.4 Å². The summed E-state index contributed by atoms with van der Waals surface area (Å²) in [6, 6.07) is 10.6. The predicted octanol–water partition coefficient (Wildman–Crippen LogP) is 4.48. The van der Waals surface area contributed by atoms with E-state index >= 15 is 0 Å². The van der Waals surface area contributed by atoms with Crippen molar-refractivity contribution >= 4 is 40.0 Å². The minimum Gasteiger partial charge on any atom is -0.359 e. The van der Waals surface area contributed by atoms with Gasteiger partial charge in [0.25, 0.3) is 0 Å². The fourth-order valence-corrected chi connectivity index (χ4v) is 3.84. The van der Waals surface area contributed by atoms with Gasteiger partial charge in [-0.3, -0.25) is 0 Å². The van der Waals surface area contributed by atoms with E-state index in [9.17, 15) is 4.39 Å². The molecule has 0 amide bonds. The van der Waals surface area contributed by atoms with E-state index in [4.69, 9.17) is 12.2 Å². The van der Waals surface area contributed by atoms with Crippen molar-refractivity contribution in [1.82, 2.24) is 15.6 Å². The number of hydrogen-bond acceptors (Lipinski definition) is 4. The first-order valence-electron chi connectivity index (χ1n) is 7.37. The van der Waals surface area contributed by atoms with Gasteiger partial charge in [0.15, 0.2) is 5.11 Å². The number of aromatic nitrogens is 1. The van der Waals surface area contributed by atoms with Gasteiger partial charge in [-0.25, -0.2) is 9.37 Å². The molecule has 0 aliphatic heterocycles. The van der Waals surface area contributed by atoms with Crippen molar-refractivity contribution in [3.05, 3.63) is 63.0 Å². The van der Waals surface area contributed by atoms with Crippen molar-refractivity contribution in [2.45, 2.75) is 20.0 Å². The van der Waals surface area contributed by atoms with E-state index in [1.165, 1.54) is 21.9 Å². The Balaban J connectivity index is 1.48. The van der Waals surface area contributed by atoms with E-state index in [-0.39, 0.29) is 5.82 Å². The molecule has 24 heavy (non-hydrogen) atoms. The van der Waals surface area contributed by atoms with E-state index in [1.54, 1.807) is 34.8 Å². The number of thiophene rings is 1. The average molecular weight is 378 g/mol. The molecule has 0 radical (unpaired) electrons. The zero-order valence-corrected chi connectivity index (χ0v) is 15.5. The van der Waals surface area contributed by atoms with E-state index in [2.05, 4.69) is 33.1 Å². The van der Waals surface area contributed by atoms with Crippen LogP contribution in [0.3, 0.4) is 0 Å². The van der Waals surface area contributed by atoms with Crippen LogP contribution in [0.4, 0.5) is 4.39 Å². The van der Waals surface area contributed by atoms with Gasteiger partial charge >= 0.3 is 0 Å². The van der Waals surface area contributed by atoms with Crippen molar-refractivity contribution < 1.29 is 4.39 Å². The number of thiazole rings is 1. The summed E-state index contributed by atoms with van der Waals surface area (Å²) in [5.74, 6) is -0.233. The Kier molecular flexibility index (Phi) is 5.55. The van der Waals surface area contributed by atoms with Crippen LogP contribution in [-0.2, 0) is 13.1 Å². The van der Waals surface area contributed by atoms with E-state index in [1.807, 2.05) is 6.92 Å². The number of aryl methyl sites for hydroxylation is 1. The van der Waals surface area contributed by atoms with Crippen molar-refractivity contribution in [1.29, 1.82) is 0 Å². The summed E-state index contributed by atoms with van der Waals surface area (Å²) in [7, 11) is 0. The predicted molar refractivity (Wildman–Crippen MR) is 103 cm³/mol. The smallest absolute Gasteiger partial charge is 0.166 e. The number of thiocarbonyl (C=S) groups is 1. The molecule has 3 nitrogen and oxygen atoms in total. The largest absolute Gasteiger partial charge is 0.359 e. The Morgan fingerprint density at radius 1 is 1.12 bits per heavy atom. The first kappa shape index (κ1) is 17.0. The highest BCUT2D eigenvalue weighted by Crippen LogP contribution is 2.28. The Labute approximate surface area is 153 Å². The second-order valence-corrected chi connectivity index (χ2v) is 7.82. The molecule has 2 heterocycles. The SMILES string of the molecule is Cc1nc(-c2ccc(CNC(=S)NCc3ccc(F)cc3)s2)cs1. The lowest BCUT2D eigenvalue weighted by atomic mass is 10.2. The molecule has 3 aromatic rings. The molecule has 0 spiro atoms. The fourth-order valence-electron chi connectivity index (χ4n) is 2.10. The molecule has 0 atom stereocenters. The molecule has 1 aromatic carbocycles. The molecule has 0 saturated carbocycles. The number of benzene rings is 1. The second kappa shape index (κ2) is 7.83. The Morgan fingerprint density at radius 2 is 1.88 bits per heavy atom. The Morgan fingerprint density at radius 3 is 2.58 bits per heavy atom. The van der Waals surface area contributed by atoms with Crippen LogP contribution in [0.25, 0.3) is 10.6 Å². The van der Waals surface area contributed by atoms with Crippen molar-refractivity contribution in [3.63, 3.8) is 0 Å². The van der Waals surface area contributed by atoms with Gasteiger partial charge < -0.3 is 10.6 Å². The highest BCUT2D eigenvalue weighted by Gasteiger charge is 2.06. The molecule has 0 aliphatic rings. The third-order valence-electron chi connectivity index (χ3n) is 3.32. The normalized spacial score (nSPS) is 10.6. The molecule has 7 heteroatoms. The summed E-state index contributed by atoms with van der Waals surface area (Å²) in [6.07, 6.45) is 0. The number of hydrogen-bond donors (Lipinski definition) is 2. The molecule has 124 valence electrons. The number of rotatable bonds is 5. The average Bonchev–Trinajstić information content (AvgIpc) is 3.21. The van der Waals surface area contributed by atoms with Crippen LogP contribution >= 0.6 is 34.9 Å². The summed E-state index contributed by atoms with van der Waals surface area (Å²) in [5.41, 5.74) is 2.02. The molecule has 0 saturated heterocycles. The monoisotopic (exact) mass is 377 g/mol. The fraction of sp³-hybridized carbons (Fsp3) is 0.176. The second-order valence-electron chi connectivity index (χ2n) is 5.18. The van der Waals surface area contributed by atoms with Gasteiger partial charge in [-0.15, -0.1) is 22.7 Å². The lowest BCUT2D eigenvalue weighted by Gasteiger charge is -2.09. The van der Waals surface area contributed by atoms with Crippen LogP contribution in [0.15, 0.2) is 41.8 Å². The number of nitrogens with zero attached hydrogens (tertiary/aromatic N) is 1. The maximum atomic E-state index is 12.9. The third kappa shape index (κ3) is 4.59. The maximum Gasteiger partial charge on any atom is 0.166 e. The van der Waals surface area contributed by atoms with Crippen molar-refractivity contribution in [3.8, 4) is 10.6 Å². The lowest BCUT2D eigenvalue weighted by molar-refractivity contribution is 0.626. The maximum absolute atomic E-state index is 12.9. The minimum atomic E-state index is -0.233. The lowest BCUT2D eigenvalue weighted by Crippen LogP contribution is -2.34. The van der Waals surface area contributed by atoms with Gasteiger partial charge in [0.05, 0.1) is 22.1 Å². The Bertz CT molecular complexity index is 824. The zero-order valence-electron chi connectivity index (χ0n) is 13.0. The quantitative estimate of drug-likeness (QED) is 0.643. The van der Waals surface area contributed by atoms with E-state index in [0.29, 0.717) is 18.2 Å². The summed E-state index contributed by atoms with van der Waals surface area (Å²) in [4.78, 5) is 6.87. The van der Waals surface area contributed by atoms with Crippen LogP contribution in [0.5, 0.6) is 0 Å². The summed E-state index contributed by atoms with van der Waals surface area (Å²) >= 11 is 8.65. The van der Waals surface area contributed by atoms with E-state index < -0.39 is 0 Å². The summed E-state index contributed by atoms with van der Waals surface area (Å²) in [6.45, 7) is 3.25. The van der Waals surface area contributed by atoms with Crippen molar-refractivity contribution in [2.75, 3.05) is 0 Å². The summed E-state index contributed by atoms with van der Waals surface area (Å²) in [5, 5.41) is 10.0. The van der Waals surface area contributed by atoms with Gasteiger partial charge in [0.1, 0.15) is 5.82 Å². The van der Waals surface area contributed by atoms with Crippen LogP contribution < -0.4 is 10.6 Å². The minimum absolute atomic E-state index is 0.233. The van der Waals surface area contributed by atoms with Gasteiger partial charge in [-0.05, 0) is 49.0 Å². The van der Waals surface area contributed by atoms with Crippen molar-refractivity contribution in [2.24, 2.45) is 0 Å². The first-order chi connectivity index (χ1) is 11.6.